The number of carbonyl (C=O) groups excluding carboxylic acids is 1. The van der Waals surface area contributed by atoms with Crippen LogP contribution in [0.25, 0.3) is 10.2 Å². The van der Waals surface area contributed by atoms with E-state index in [1.165, 1.54) is 43.4 Å². The second-order valence-electron chi connectivity index (χ2n) is 9.76. The van der Waals surface area contributed by atoms with Crippen LogP contribution in [0.1, 0.15) is 66.1 Å². The standard InChI is InChI=1S/C26H35N7OS/c1-32(2)25(34)24-22(18-8-4-5-9-18)23-20(35-24)17-29-26(31-23)30-21-11-10-19(16-28-21)33-14-7-3-6-12-27-13-15-33/h10-11,16-18,27H,3-9,12-15H2,1-2H3,(H,28,29,30,31). The highest BCUT2D eigenvalue weighted by molar-refractivity contribution is 7.21. The van der Waals surface area contributed by atoms with E-state index in [2.05, 4.69) is 31.6 Å². The molecular weight excluding hydrogens is 458 g/mol. The van der Waals surface area contributed by atoms with Crippen LogP contribution in [0.15, 0.2) is 24.5 Å². The smallest absolute Gasteiger partial charge is 0.263 e. The van der Waals surface area contributed by atoms with Crippen molar-refractivity contribution in [3.63, 3.8) is 0 Å². The van der Waals surface area contributed by atoms with E-state index in [0.29, 0.717) is 11.9 Å². The minimum atomic E-state index is 0.0526. The Morgan fingerprint density at radius 3 is 2.69 bits per heavy atom. The third kappa shape index (κ3) is 5.41. The molecule has 3 aromatic heterocycles. The van der Waals surface area contributed by atoms with Crippen molar-refractivity contribution in [1.82, 2.24) is 25.2 Å². The number of nitrogens with zero attached hydrogens (tertiary/aromatic N) is 5. The predicted molar refractivity (Wildman–Crippen MR) is 143 cm³/mol. The lowest BCUT2D eigenvalue weighted by molar-refractivity contribution is 0.0831. The van der Waals surface area contributed by atoms with Gasteiger partial charge in [0.2, 0.25) is 5.95 Å². The van der Waals surface area contributed by atoms with E-state index in [-0.39, 0.29) is 5.91 Å². The van der Waals surface area contributed by atoms with E-state index in [0.717, 1.165) is 71.2 Å². The summed E-state index contributed by atoms with van der Waals surface area (Å²) in [6.45, 7) is 4.16. The van der Waals surface area contributed by atoms with Gasteiger partial charge >= 0.3 is 0 Å². The fourth-order valence-corrected chi connectivity index (χ4v) is 6.35. The number of carbonyl (C=O) groups is 1. The molecule has 9 heteroatoms. The Hall–Kier alpha value is -2.78. The molecule has 186 valence electrons. The molecule has 2 fully saturated rings. The Morgan fingerprint density at radius 2 is 1.91 bits per heavy atom. The van der Waals surface area contributed by atoms with Crippen molar-refractivity contribution < 1.29 is 4.79 Å². The van der Waals surface area contributed by atoms with E-state index in [1.807, 2.05) is 32.6 Å². The fraction of sp³-hybridized carbons (Fsp3) is 0.538. The molecule has 0 spiro atoms. The molecule has 1 aliphatic carbocycles. The molecule has 2 N–H and O–H groups in total. The van der Waals surface area contributed by atoms with Crippen LogP contribution >= 0.6 is 11.3 Å². The number of amides is 1. The molecule has 1 saturated heterocycles. The highest BCUT2D eigenvalue weighted by Gasteiger charge is 2.29. The minimum Gasteiger partial charge on any atom is -0.369 e. The maximum absolute atomic E-state index is 12.9. The van der Waals surface area contributed by atoms with Crippen molar-refractivity contribution in [2.75, 3.05) is 50.5 Å². The van der Waals surface area contributed by atoms with Crippen LogP contribution in [-0.2, 0) is 0 Å². The van der Waals surface area contributed by atoms with Crippen molar-refractivity contribution in [3.05, 3.63) is 35.0 Å². The number of aromatic nitrogens is 3. The predicted octanol–water partition coefficient (Wildman–Crippen LogP) is 4.77. The Balaban J connectivity index is 1.38. The lowest BCUT2D eigenvalue weighted by Gasteiger charge is -2.24. The maximum atomic E-state index is 12.9. The van der Waals surface area contributed by atoms with Gasteiger partial charge in [-0.1, -0.05) is 19.3 Å². The number of anilines is 3. The summed E-state index contributed by atoms with van der Waals surface area (Å²) < 4.78 is 0.965. The van der Waals surface area contributed by atoms with E-state index in [4.69, 9.17) is 4.98 Å². The second kappa shape index (κ2) is 10.9. The molecule has 0 radical (unpaired) electrons. The zero-order valence-electron chi connectivity index (χ0n) is 20.7. The third-order valence-corrected chi connectivity index (χ3v) is 8.14. The number of thiophene rings is 1. The van der Waals surface area contributed by atoms with E-state index < -0.39 is 0 Å². The van der Waals surface area contributed by atoms with Crippen molar-refractivity contribution >= 4 is 44.9 Å². The van der Waals surface area contributed by atoms with Crippen LogP contribution in [-0.4, -0.2) is 66.0 Å². The lowest BCUT2D eigenvalue weighted by Crippen LogP contribution is -2.32. The van der Waals surface area contributed by atoms with Gasteiger partial charge in [0.15, 0.2) is 0 Å². The lowest BCUT2D eigenvalue weighted by atomic mass is 9.96. The van der Waals surface area contributed by atoms with Crippen molar-refractivity contribution in [1.29, 1.82) is 0 Å². The molecule has 3 aromatic rings. The van der Waals surface area contributed by atoms with Gasteiger partial charge in [-0.25, -0.2) is 15.0 Å². The molecule has 1 aliphatic heterocycles. The largest absolute Gasteiger partial charge is 0.369 e. The Labute approximate surface area is 211 Å². The molecular formula is C26H35N7OS. The maximum Gasteiger partial charge on any atom is 0.263 e. The first-order valence-electron chi connectivity index (χ1n) is 12.8. The van der Waals surface area contributed by atoms with Gasteiger partial charge in [-0.05, 0) is 50.3 Å². The van der Waals surface area contributed by atoms with Gasteiger partial charge in [-0.2, -0.15) is 0 Å². The average molecular weight is 494 g/mol. The monoisotopic (exact) mass is 493 g/mol. The highest BCUT2D eigenvalue weighted by atomic mass is 32.1. The van der Waals surface area contributed by atoms with Gasteiger partial charge in [0.1, 0.15) is 5.82 Å². The molecule has 5 rings (SSSR count). The van der Waals surface area contributed by atoms with Crippen LogP contribution in [0, 0.1) is 0 Å². The summed E-state index contributed by atoms with van der Waals surface area (Å²) in [4.78, 5) is 31.9. The molecule has 1 saturated carbocycles. The van der Waals surface area contributed by atoms with E-state index in [1.54, 1.807) is 4.90 Å². The summed E-state index contributed by atoms with van der Waals surface area (Å²) in [5.74, 6) is 1.68. The van der Waals surface area contributed by atoms with Crippen LogP contribution in [0.4, 0.5) is 17.5 Å². The third-order valence-electron chi connectivity index (χ3n) is 7.02. The van der Waals surface area contributed by atoms with Gasteiger partial charge in [-0.3, -0.25) is 4.79 Å². The number of hydrogen-bond donors (Lipinski definition) is 2. The number of nitrogens with one attached hydrogen (secondary N) is 2. The molecule has 0 aromatic carbocycles. The molecule has 4 heterocycles. The number of pyridine rings is 1. The summed E-state index contributed by atoms with van der Waals surface area (Å²) in [5.41, 5.74) is 3.16. The molecule has 35 heavy (non-hydrogen) atoms. The van der Waals surface area contributed by atoms with Gasteiger partial charge in [0.05, 0.1) is 33.2 Å². The quantitative estimate of drug-likeness (QED) is 0.529. The summed E-state index contributed by atoms with van der Waals surface area (Å²) in [6.07, 6.45) is 12.1. The zero-order valence-corrected chi connectivity index (χ0v) is 21.5. The van der Waals surface area contributed by atoms with Crippen molar-refractivity contribution in [2.45, 2.75) is 50.9 Å². The van der Waals surface area contributed by atoms with Crippen LogP contribution in [0.2, 0.25) is 0 Å². The summed E-state index contributed by atoms with van der Waals surface area (Å²) >= 11 is 1.51. The fourth-order valence-electron chi connectivity index (χ4n) is 5.13. The van der Waals surface area contributed by atoms with Gasteiger partial charge in [0, 0.05) is 39.3 Å². The number of fused-ring (bicyclic) bond motifs is 1. The summed E-state index contributed by atoms with van der Waals surface area (Å²) in [5, 5.41) is 6.79. The molecule has 0 unspecified atom stereocenters. The first-order valence-corrected chi connectivity index (χ1v) is 13.6. The number of rotatable bonds is 5. The zero-order chi connectivity index (χ0) is 24.2. The Morgan fingerprint density at radius 1 is 1.06 bits per heavy atom. The minimum absolute atomic E-state index is 0.0526. The Kier molecular flexibility index (Phi) is 7.43. The molecule has 1 amide bonds. The highest BCUT2D eigenvalue weighted by Crippen LogP contribution is 2.43. The first-order chi connectivity index (χ1) is 17.1. The van der Waals surface area contributed by atoms with E-state index in [9.17, 15) is 4.79 Å². The van der Waals surface area contributed by atoms with Crippen LogP contribution < -0.4 is 15.5 Å². The number of hydrogen-bond acceptors (Lipinski definition) is 8. The second-order valence-corrected chi connectivity index (χ2v) is 10.8. The molecule has 0 bridgehead atoms. The van der Waals surface area contributed by atoms with Crippen molar-refractivity contribution in [2.24, 2.45) is 0 Å². The first kappa shape index (κ1) is 23.9. The normalized spacial score (nSPS) is 17.7. The topological polar surface area (TPSA) is 86.3 Å². The van der Waals surface area contributed by atoms with Crippen LogP contribution in [0.5, 0.6) is 0 Å². The van der Waals surface area contributed by atoms with Gasteiger partial charge in [-0.15, -0.1) is 11.3 Å². The molecule has 8 nitrogen and oxygen atoms in total. The van der Waals surface area contributed by atoms with Crippen molar-refractivity contribution in [3.8, 4) is 0 Å². The molecule has 0 atom stereocenters. The molecule has 2 aliphatic rings. The Bertz CT molecular complexity index is 1140. The summed E-state index contributed by atoms with van der Waals surface area (Å²) in [7, 11) is 3.62. The van der Waals surface area contributed by atoms with Gasteiger partial charge in [0.25, 0.3) is 5.91 Å². The summed E-state index contributed by atoms with van der Waals surface area (Å²) in [6, 6.07) is 4.11. The van der Waals surface area contributed by atoms with Crippen LogP contribution in [0.3, 0.4) is 0 Å². The SMILES string of the molecule is CN(C)C(=O)c1sc2cnc(Nc3ccc(N4CCCCCNCC4)cn3)nc2c1C1CCCC1. The van der Waals surface area contributed by atoms with E-state index >= 15 is 0 Å². The van der Waals surface area contributed by atoms with Gasteiger partial charge < -0.3 is 20.4 Å². The average Bonchev–Trinajstić information content (AvgIpc) is 3.53.